The summed E-state index contributed by atoms with van der Waals surface area (Å²) in [5.74, 6) is 2.03. The van der Waals surface area contributed by atoms with E-state index in [0.717, 1.165) is 23.8 Å². The van der Waals surface area contributed by atoms with Crippen LogP contribution in [0.4, 0.5) is 5.82 Å². The van der Waals surface area contributed by atoms with Crippen LogP contribution in [0.25, 0.3) is 10.2 Å². The molecule has 0 spiro atoms. The van der Waals surface area contributed by atoms with E-state index in [1.165, 1.54) is 35.9 Å². The van der Waals surface area contributed by atoms with Gasteiger partial charge in [0, 0.05) is 6.54 Å². The molecule has 2 aliphatic rings. The van der Waals surface area contributed by atoms with Gasteiger partial charge in [0.15, 0.2) is 0 Å². The highest BCUT2D eigenvalue weighted by molar-refractivity contribution is 7.18. The second-order valence-electron chi connectivity index (χ2n) is 5.81. The first-order valence-corrected chi connectivity index (χ1v) is 7.59. The fraction of sp³-hybridized carbons (Fsp3) is 0.571. The van der Waals surface area contributed by atoms with Gasteiger partial charge < -0.3 is 5.32 Å². The Labute approximate surface area is 111 Å². The van der Waals surface area contributed by atoms with Gasteiger partial charge in [0.05, 0.1) is 10.2 Å². The number of rotatable bonds is 4. The Morgan fingerprint density at radius 1 is 1.39 bits per heavy atom. The van der Waals surface area contributed by atoms with Crippen LogP contribution in [0.3, 0.4) is 0 Å². The van der Waals surface area contributed by atoms with E-state index in [2.05, 4.69) is 27.6 Å². The second kappa shape index (κ2) is 3.67. The van der Waals surface area contributed by atoms with Crippen LogP contribution >= 0.6 is 11.3 Å². The molecule has 2 fully saturated rings. The lowest BCUT2D eigenvalue weighted by molar-refractivity contribution is 0.466. The highest BCUT2D eigenvalue weighted by Gasteiger charge is 2.53. The molecule has 2 aromatic rings. The molecule has 94 valence electrons. The molecule has 1 N–H and O–H groups in total. The van der Waals surface area contributed by atoms with Gasteiger partial charge in [0.1, 0.15) is 12.1 Å². The number of aryl methyl sites for hydroxylation is 1. The second-order valence-corrected chi connectivity index (χ2v) is 6.69. The summed E-state index contributed by atoms with van der Waals surface area (Å²) in [4.78, 5) is 8.79. The van der Waals surface area contributed by atoms with Crippen LogP contribution in [0, 0.1) is 18.3 Å². The molecule has 4 rings (SSSR count). The van der Waals surface area contributed by atoms with E-state index in [1.807, 2.05) is 0 Å². The Bertz CT molecular complexity index is 596. The van der Waals surface area contributed by atoms with Crippen molar-refractivity contribution in [3.63, 3.8) is 0 Å². The zero-order chi connectivity index (χ0) is 12.2. The molecule has 3 nitrogen and oxygen atoms in total. The third-order valence-corrected chi connectivity index (χ3v) is 5.57. The monoisotopic (exact) mass is 259 g/mol. The summed E-state index contributed by atoms with van der Waals surface area (Å²) < 4.78 is 1.21. The molecular weight excluding hydrogens is 242 g/mol. The van der Waals surface area contributed by atoms with E-state index >= 15 is 0 Å². The molecule has 0 radical (unpaired) electrons. The van der Waals surface area contributed by atoms with Crippen molar-refractivity contribution in [2.45, 2.75) is 32.6 Å². The normalized spacial score (nSPS) is 21.2. The van der Waals surface area contributed by atoms with Crippen molar-refractivity contribution in [3.8, 4) is 0 Å². The van der Waals surface area contributed by atoms with E-state index in [1.54, 1.807) is 17.7 Å². The summed E-state index contributed by atoms with van der Waals surface area (Å²) in [5, 5.41) is 5.75. The van der Waals surface area contributed by atoms with Gasteiger partial charge in [-0.2, -0.15) is 0 Å². The first-order chi connectivity index (χ1) is 8.78. The quantitative estimate of drug-likeness (QED) is 0.911. The van der Waals surface area contributed by atoms with Crippen LogP contribution in [-0.4, -0.2) is 16.5 Å². The van der Waals surface area contributed by atoms with Crippen molar-refractivity contribution in [1.29, 1.82) is 0 Å². The van der Waals surface area contributed by atoms with Crippen LogP contribution in [0.2, 0.25) is 0 Å². The van der Waals surface area contributed by atoms with Crippen molar-refractivity contribution in [1.82, 2.24) is 9.97 Å². The molecule has 4 heteroatoms. The van der Waals surface area contributed by atoms with Crippen molar-refractivity contribution in [2.24, 2.45) is 11.3 Å². The van der Waals surface area contributed by atoms with Crippen LogP contribution < -0.4 is 5.32 Å². The number of fused-ring (bicyclic) bond motifs is 1. The lowest BCUT2D eigenvalue weighted by Gasteiger charge is -2.15. The molecule has 0 unspecified atom stereocenters. The van der Waals surface area contributed by atoms with Crippen LogP contribution in [0.5, 0.6) is 0 Å². The Kier molecular flexibility index (Phi) is 2.19. The Morgan fingerprint density at radius 2 is 2.22 bits per heavy atom. The maximum atomic E-state index is 4.42. The average molecular weight is 259 g/mol. The van der Waals surface area contributed by atoms with Crippen LogP contribution in [0.1, 0.15) is 31.2 Å². The number of aromatic nitrogens is 2. The summed E-state index contributed by atoms with van der Waals surface area (Å²) in [7, 11) is 0. The fourth-order valence-electron chi connectivity index (χ4n) is 2.94. The van der Waals surface area contributed by atoms with Crippen LogP contribution in [0.15, 0.2) is 11.7 Å². The molecule has 0 aliphatic heterocycles. The number of hydrogen-bond acceptors (Lipinski definition) is 4. The number of hydrogen-bond donors (Lipinski definition) is 1. The van der Waals surface area contributed by atoms with Gasteiger partial charge in [-0.05, 0) is 54.9 Å². The van der Waals surface area contributed by atoms with Gasteiger partial charge in [-0.1, -0.05) is 0 Å². The largest absolute Gasteiger partial charge is 0.368 e. The molecule has 0 aromatic carbocycles. The predicted molar refractivity (Wildman–Crippen MR) is 75.0 cm³/mol. The lowest BCUT2D eigenvalue weighted by atomic mass is 10.0. The van der Waals surface area contributed by atoms with E-state index in [-0.39, 0.29) is 0 Å². The molecule has 0 atom stereocenters. The number of anilines is 1. The van der Waals surface area contributed by atoms with Crippen molar-refractivity contribution < 1.29 is 0 Å². The standard InChI is InChI=1S/C14H17N3S/c1-9-6-18-12-11(9)16-8-17-13(12)15-7-14(4-5-14)10-2-3-10/h6,8,10H,2-5,7H2,1H3,(H,15,16,17). The number of nitrogens with one attached hydrogen (secondary N) is 1. The Balaban J connectivity index is 1.59. The van der Waals surface area contributed by atoms with Crippen LogP contribution in [-0.2, 0) is 0 Å². The van der Waals surface area contributed by atoms with E-state index < -0.39 is 0 Å². The highest BCUT2D eigenvalue weighted by Crippen LogP contribution is 2.61. The molecule has 0 saturated heterocycles. The summed E-state index contributed by atoms with van der Waals surface area (Å²) in [5.41, 5.74) is 2.97. The molecule has 2 heterocycles. The third-order valence-electron chi connectivity index (χ3n) is 4.47. The molecule has 2 saturated carbocycles. The summed E-state index contributed by atoms with van der Waals surface area (Å²) in [6.45, 7) is 3.21. The zero-order valence-electron chi connectivity index (χ0n) is 10.6. The smallest absolute Gasteiger partial charge is 0.147 e. The van der Waals surface area contributed by atoms with E-state index in [4.69, 9.17) is 0 Å². The van der Waals surface area contributed by atoms with Gasteiger partial charge in [0.2, 0.25) is 0 Å². The van der Waals surface area contributed by atoms with Crippen molar-refractivity contribution >= 4 is 27.4 Å². The molecule has 2 aliphatic carbocycles. The minimum atomic E-state index is 0.615. The minimum Gasteiger partial charge on any atom is -0.368 e. The first kappa shape index (κ1) is 10.7. The van der Waals surface area contributed by atoms with Gasteiger partial charge >= 0.3 is 0 Å². The maximum absolute atomic E-state index is 4.42. The maximum Gasteiger partial charge on any atom is 0.147 e. The predicted octanol–water partition coefficient (Wildman–Crippen LogP) is 3.60. The fourth-order valence-corrected chi connectivity index (χ4v) is 3.91. The molecule has 0 bridgehead atoms. The van der Waals surface area contributed by atoms with E-state index in [0.29, 0.717) is 5.41 Å². The molecule has 2 aromatic heterocycles. The SMILES string of the molecule is Cc1csc2c(NCC3(C4CC4)CC3)ncnc12. The topological polar surface area (TPSA) is 37.8 Å². The number of nitrogens with zero attached hydrogens (tertiary/aromatic N) is 2. The zero-order valence-corrected chi connectivity index (χ0v) is 11.4. The van der Waals surface area contributed by atoms with Gasteiger partial charge in [-0.25, -0.2) is 9.97 Å². The molecule has 18 heavy (non-hydrogen) atoms. The summed E-state index contributed by atoms with van der Waals surface area (Å²) in [6.07, 6.45) is 7.38. The Morgan fingerprint density at radius 3 is 2.94 bits per heavy atom. The third kappa shape index (κ3) is 1.62. The van der Waals surface area contributed by atoms with E-state index in [9.17, 15) is 0 Å². The summed E-state index contributed by atoms with van der Waals surface area (Å²) in [6, 6.07) is 0. The van der Waals surface area contributed by atoms with Gasteiger partial charge in [-0.3, -0.25) is 0 Å². The van der Waals surface area contributed by atoms with Crippen molar-refractivity contribution in [2.75, 3.05) is 11.9 Å². The minimum absolute atomic E-state index is 0.615. The lowest BCUT2D eigenvalue weighted by Crippen LogP contribution is -2.18. The van der Waals surface area contributed by atoms with Gasteiger partial charge in [-0.15, -0.1) is 11.3 Å². The van der Waals surface area contributed by atoms with Crippen molar-refractivity contribution in [3.05, 3.63) is 17.3 Å². The average Bonchev–Trinajstić information content (AvgIpc) is 3.26. The molecule has 0 amide bonds. The Hall–Kier alpha value is -1.16. The number of thiophene rings is 1. The molecular formula is C14H17N3S. The first-order valence-electron chi connectivity index (χ1n) is 6.71. The highest BCUT2D eigenvalue weighted by atomic mass is 32.1. The summed E-state index contributed by atoms with van der Waals surface area (Å²) >= 11 is 1.75. The van der Waals surface area contributed by atoms with Gasteiger partial charge in [0.25, 0.3) is 0 Å².